The number of nitrogens with two attached hydrogens (primary N) is 1. The topological polar surface area (TPSA) is 120 Å². The number of carbonyl (C=O) groups is 1. The molecule has 4 rings (SSSR count). The van der Waals surface area contributed by atoms with E-state index >= 15 is 0 Å². The maximum atomic E-state index is 12.4. The van der Waals surface area contributed by atoms with Crippen molar-refractivity contribution in [2.75, 3.05) is 18.9 Å². The van der Waals surface area contributed by atoms with Crippen molar-refractivity contribution in [2.45, 2.75) is 24.4 Å². The van der Waals surface area contributed by atoms with E-state index in [4.69, 9.17) is 15.2 Å². The van der Waals surface area contributed by atoms with Gasteiger partial charge in [-0.3, -0.25) is 9.78 Å². The van der Waals surface area contributed by atoms with Gasteiger partial charge in [0.1, 0.15) is 24.1 Å². The number of aliphatic hydroxyl groups is 1. The smallest absolute Gasteiger partial charge is 0.251 e. The minimum absolute atomic E-state index is 0.218. The van der Waals surface area contributed by atoms with Crippen molar-refractivity contribution in [3.05, 3.63) is 42.2 Å². The summed E-state index contributed by atoms with van der Waals surface area (Å²) in [6, 6.07) is 6.75. The maximum absolute atomic E-state index is 12.4. The van der Waals surface area contributed by atoms with Crippen LogP contribution in [0.5, 0.6) is 0 Å². The Balaban J connectivity index is 1.44. The SMILES string of the molecule is Nc1cncc(-c2ccc(C(=O)N[C@@H]3CO[C@H]4[C@@H]3OC[C@H]4O)cc2)n1. The van der Waals surface area contributed by atoms with Crippen LogP contribution in [0.25, 0.3) is 11.3 Å². The number of nitrogen functional groups attached to an aromatic ring is 1. The monoisotopic (exact) mass is 342 g/mol. The zero-order valence-electron chi connectivity index (χ0n) is 13.3. The first-order valence-corrected chi connectivity index (χ1v) is 8.02. The van der Waals surface area contributed by atoms with Crippen molar-refractivity contribution < 1.29 is 19.4 Å². The number of aliphatic hydroxyl groups excluding tert-OH is 1. The number of anilines is 1. The normalized spacial score (nSPS) is 27.9. The first kappa shape index (κ1) is 15.9. The molecular weight excluding hydrogens is 324 g/mol. The molecule has 4 N–H and O–H groups in total. The molecule has 2 saturated heterocycles. The molecule has 0 radical (unpaired) electrons. The Morgan fingerprint density at radius 1 is 1.16 bits per heavy atom. The molecule has 25 heavy (non-hydrogen) atoms. The van der Waals surface area contributed by atoms with E-state index in [1.54, 1.807) is 30.5 Å². The number of aromatic nitrogens is 2. The Hall–Kier alpha value is -2.55. The van der Waals surface area contributed by atoms with Crippen LogP contribution in [0.1, 0.15) is 10.4 Å². The Morgan fingerprint density at radius 2 is 1.92 bits per heavy atom. The van der Waals surface area contributed by atoms with E-state index in [0.29, 0.717) is 23.7 Å². The number of benzene rings is 1. The van der Waals surface area contributed by atoms with Gasteiger partial charge in [0.15, 0.2) is 0 Å². The number of rotatable bonds is 3. The summed E-state index contributed by atoms with van der Waals surface area (Å²) in [4.78, 5) is 20.7. The van der Waals surface area contributed by atoms with Crippen LogP contribution in [0.2, 0.25) is 0 Å². The molecule has 130 valence electrons. The largest absolute Gasteiger partial charge is 0.388 e. The number of carbonyl (C=O) groups excluding carboxylic acids is 1. The van der Waals surface area contributed by atoms with Crippen molar-refractivity contribution in [1.82, 2.24) is 15.3 Å². The molecule has 2 aliphatic rings. The second-order valence-corrected chi connectivity index (χ2v) is 6.15. The number of nitrogens with zero attached hydrogens (tertiary/aromatic N) is 2. The van der Waals surface area contributed by atoms with Crippen LogP contribution in [0.3, 0.4) is 0 Å². The van der Waals surface area contributed by atoms with E-state index in [0.717, 1.165) is 5.56 Å². The lowest BCUT2D eigenvalue weighted by atomic mass is 10.1. The van der Waals surface area contributed by atoms with Crippen LogP contribution in [0.4, 0.5) is 5.82 Å². The van der Waals surface area contributed by atoms with Gasteiger partial charge in [0.25, 0.3) is 5.91 Å². The van der Waals surface area contributed by atoms with Gasteiger partial charge in [0.05, 0.1) is 37.3 Å². The Kier molecular flexibility index (Phi) is 4.08. The Labute approximate surface area is 144 Å². The lowest BCUT2D eigenvalue weighted by Gasteiger charge is -2.17. The standard InChI is InChI=1S/C17H18N4O4/c18-14-6-19-5-11(20-14)9-1-3-10(4-2-9)17(23)21-12-7-24-16-13(22)8-25-15(12)16/h1-6,12-13,15-16,22H,7-8H2,(H2,18,20)(H,21,23)/t12-,13-,15-,16-/m1/s1. The Bertz CT molecular complexity index is 782. The number of fused-ring (bicyclic) bond motifs is 1. The molecule has 4 atom stereocenters. The summed E-state index contributed by atoms with van der Waals surface area (Å²) in [5, 5.41) is 12.7. The van der Waals surface area contributed by atoms with Crippen molar-refractivity contribution in [1.29, 1.82) is 0 Å². The van der Waals surface area contributed by atoms with Crippen molar-refractivity contribution in [3.63, 3.8) is 0 Å². The second kappa shape index (κ2) is 6.40. The van der Waals surface area contributed by atoms with E-state index in [1.165, 1.54) is 6.20 Å². The molecule has 1 aromatic heterocycles. The van der Waals surface area contributed by atoms with Gasteiger partial charge >= 0.3 is 0 Å². The minimum atomic E-state index is -0.634. The first-order chi connectivity index (χ1) is 12.1. The van der Waals surface area contributed by atoms with Crippen LogP contribution >= 0.6 is 0 Å². The van der Waals surface area contributed by atoms with Gasteiger partial charge in [0.2, 0.25) is 0 Å². The fourth-order valence-corrected chi connectivity index (χ4v) is 3.17. The maximum Gasteiger partial charge on any atom is 0.251 e. The minimum Gasteiger partial charge on any atom is -0.388 e. The van der Waals surface area contributed by atoms with E-state index in [9.17, 15) is 9.90 Å². The summed E-state index contributed by atoms with van der Waals surface area (Å²) >= 11 is 0. The summed E-state index contributed by atoms with van der Waals surface area (Å²) in [7, 11) is 0. The fourth-order valence-electron chi connectivity index (χ4n) is 3.17. The van der Waals surface area contributed by atoms with E-state index < -0.39 is 6.10 Å². The summed E-state index contributed by atoms with van der Waals surface area (Å²) in [6.07, 6.45) is 1.79. The average Bonchev–Trinajstić information content (AvgIpc) is 3.19. The average molecular weight is 342 g/mol. The molecule has 0 unspecified atom stereocenters. The Morgan fingerprint density at radius 3 is 2.68 bits per heavy atom. The van der Waals surface area contributed by atoms with Gasteiger partial charge in [-0.15, -0.1) is 0 Å². The van der Waals surface area contributed by atoms with E-state index in [2.05, 4.69) is 15.3 Å². The van der Waals surface area contributed by atoms with Gasteiger partial charge in [-0.2, -0.15) is 0 Å². The lowest BCUT2D eigenvalue weighted by Crippen LogP contribution is -2.44. The van der Waals surface area contributed by atoms with Gasteiger partial charge in [-0.1, -0.05) is 12.1 Å². The molecule has 1 amide bonds. The highest BCUT2D eigenvalue weighted by Crippen LogP contribution is 2.27. The van der Waals surface area contributed by atoms with Crippen molar-refractivity contribution in [2.24, 2.45) is 0 Å². The van der Waals surface area contributed by atoms with Crippen LogP contribution in [0, 0.1) is 0 Å². The van der Waals surface area contributed by atoms with Crippen LogP contribution in [0.15, 0.2) is 36.7 Å². The van der Waals surface area contributed by atoms with Crippen LogP contribution < -0.4 is 11.1 Å². The third-order valence-electron chi connectivity index (χ3n) is 4.44. The van der Waals surface area contributed by atoms with E-state index in [-0.39, 0.29) is 30.8 Å². The zero-order chi connectivity index (χ0) is 17.4. The molecule has 0 aliphatic carbocycles. The molecular formula is C17H18N4O4. The predicted octanol–water partition coefficient (Wildman–Crippen LogP) is -0.0173. The third-order valence-corrected chi connectivity index (χ3v) is 4.44. The molecule has 3 heterocycles. The first-order valence-electron chi connectivity index (χ1n) is 8.02. The van der Waals surface area contributed by atoms with Gasteiger partial charge in [-0.25, -0.2) is 4.98 Å². The predicted molar refractivity (Wildman–Crippen MR) is 88.6 cm³/mol. The van der Waals surface area contributed by atoms with Gasteiger partial charge < -0.3 is 25.6 Å². The molecule has 0 bridgehead atoms. The summed E-state index contributed by atoms with van der Waals surface area (Å²) < 4.78 is 11.0. The quantitative estimate of drug-likeness (QED) is 0.717. The number of hydrogen-bond donors (Lipinski definition) is 3. The van der Waals surface area contributed by atoms with Crippen LogP contribution in [-0.4, -0.2) is 58.5 Å². The molecule has 1 aromatic carbocycles. The number of hydrogen-bond acceptors (Lipinski definition) is 7. The second-order valence-electron chi connectivity index (χ2n) is 6.15. The lowest BCUT2D eigenvalue weighted by molar-refractivity contribution is 0.0178. The molecule has 0 spiro atoms. The fraction of sp³-hybridized carbons (Fsp3) is 0.353. The third kappa shape index (κ3) is 3.07. The number of amides is 1. The molecule has 0 saturated carbocycles. The molecule has 8 heteroatoms. The molecule has 2 aromatic rings. The number of nitrogens with one attached hydrogen (secondary N) is 1. The van der Waals surface area contributed by atoms with Crippen LogP contribution in [-0.2, 0) is 9.47 Å². The van der Waals surface area contributed by atoms with Crippen molar-refractivity contribution >= 4 is 11.7 Å². The van der Waals surface area contributed by atoms with Crippen molar-refractivity contribution in [3.8, 4) is 11.3 Å². The molecule has 2 fully saturated rings. The summed E-state index contributed by atoms with van der Waals surface area (Å²) in [6.45, 7) is 0.562. The highest BCUT2D eigenvalue weighted by Gasteiger charge is 2.47. The van der Waals surface area contributed by atoms with Gasteiger partial charge in [0, 0.05) is 11.1 Å². The highest BCUT2D eigenvalue weighted by molar-refractivity contribution is 5.94. The highest BCUT2D eigenvalue weighted by atomic mass is 16.6. The zero-order valence-corrected chi connectivity index (χ0v) is 13.3. The summed E-state index contributed by atoms with van der Waals surface area (Å²) in [5.74, 6) is 0.123. The van der Waals surface area contributed by atoms with E-state index in [1.807, 2.05) is 0 Å². The molecule has 8 nitrogen and oxygen atoms in total. The molecule has 2 aliphatic heterocycles. The van der Waals surface area contributed by atoms with Gasteiger partial charge in [-0.05, 0) is 12.1 Å². The summed E-state index contributed by atoms with van der Waals surface area (Å²) in [5.41, 5.74) is 7.62. The number of ether oxygens (including phenoxy) is 2.